The van der Waals surface area contributed by atoms with Gasteiger partial charge in [-0.3, -0.25) is 29.3 Å². The summed E-state index contributed by atoms with van der Waals surface area (Å²) in [6.45, 7) is 1.34. The highest BCUT2D eigenvalue weighted by molar-refractivity contribution is 6.34. The van der Waals surface area contributed by atoms with Gasteiger partial charge < -0.3 is 15.5 Å². The predicted molar refractivity (Wildman–Crippen MR) is 139 cm³/mol. The number of benzene rings is 3. The van der Waals surface area contributed by atoms with E-state index < -0.39 is 34.7 Å². The molecule has 4 N–H and O–H groups in total. The highest BCUT2D eigenvalue weighted by Gasteiger charge is 2.28. The van der Waals surface area contributed by atoms with Gasteiger partial charge in [0.25, 0.3) is 17.5 Å². The van der Waals surface area contributed by atoms with Crippen LogP contribution in [-0.2, 0) is 22.6 Å². The maximum absolute atomic E-state index is 13.3. The standard InChI is InChI=1S/C26H23ClN4O8/c1-15(26(36)37)29-30(23(33)12-16-5-8-19(9-6-16)31(38)39)25(35)21-10-7-18(13-22(21)27)24(34)28-14-17-3-2-4-20(32)11-17/h2-11,13,15,29,32H,12,14H2,1H3,(H,28,34)(H,36,37)/t15-/m0/s1. The number of carbonyl (C=O) groups is 4. The van der Waals surface area contributed by atoms with Crippen molar-refractivity contribution >= 4 is 41.0 Å². The zero-order valence-electron chi connectivity index (χ0n) is 20.5. The Bertz CT molecular complexity index is 1430. The number of imide groups is 1. The molecule has 3 aromatic carbocycles. The van der Waals surface area contributed by atoms with Gasteiger partial charge >= 0.3 is 5.97 Å². The second-order valence-corrected chi connectivity index (χ2v) is 8.78. The molecular weight excluding hydrogens is 532 g/mol. The molecule has 3 rings (SSSR count). The number of rotatable bonds is 10. The zero-order valence-corrected chi connectivity index (χ0v) is 21.2. The van der Waals surface area contributed by atoms with Gasteiger partial charge in [0, 0.05) is 24.2 Å². The number of non-ortho nitro benzene ring substituents is 1. The number of carboxylic acids is 1. The Hall–Kier alpha value is -4.81. The van der Waals surface area contributed by atoms with Crippen molar-refractivity contribution < 1.29 is 34.3 Å². The summed E-state index contributed by atoms with van der Waals surface area (Å²) in [7, 11) is 0. The molecule has 0 aliphatic carbocycles. The molecule has 0 saturated heterocycles. The molecule has 0 saturated carbocycles. The van der Waals surface area contributed by atoms with E-state index in [9.17, 15) is 39.5 Å². The first-order valence-corrected chi connectivity index (χ1v) is 11.8. The fourth-order valence-electron chi connectivity index (χ4n) is 3.38. The summed E-state index contributed by atoms with van der Waals surface area (Å²) < 4.78 is 0. The Morgan fingerprint density at radius 2 is 1.72 bits per heavy atom. The molecule has 0 aliphatic rings. The molecule has 202 valence electrons. The maximum atomic E-state index is 13.3. The van der Waals surface area contributed by atoms with E-state index in [-0.39, 0.29) is 40.6 Å². The molecule has 0 unspecified atom stereocenters. The zero-order chi connectivity index (χ0) is 28.7. The molecule has 39 heavy (non-hydrogen) atoms. The molecule has 0 fully saturated rings. The molecule has 0 aliphatic heterocycles. The minimum Gasteiger partial charge on any atom is -0.508 e. The van der Waals surface area contributed by atoms with Crippen molar-refractivity contribution in [1.29, 1.82) is 0 Å². The van der Waals surface area contributed by atoms with Gasteiger partial charge in [0.15, 0.2) is 0 Å². The number of hydrogen-bond donors (Lipinski definition) is 4. The summed E-state index contributed by atoms with van der Waals surface area (Å²) >= 11 is 6.28. The number of nitrogens with zero attached hydrogens (tertiary/aromatic N) is 2. The van der Waals surface area contributed by atoms with Crippen LogP contribution in [0.1, 0.15) is 38.8 Å². The first kappa shape index (κ1) is 28.8. The average Bonchev–Trinajstić information content (AvgIpc) is 2.90. The van der Waals surface area contributed by atoms with Crippen LogP contribution in [0.25, 0.3) is 0 Å². The van der Waals surface area contributed by atoms with Crippen LogP contribution in [0.3, 0.4) is 0 Å². The van der Waals surface area contributed by atoms with E-state index in [0.717, 1.165) is 0 Å². The number of carboxylic acid groups (broad SMARTS) is 1. The van der Waals surface area contributed by atoms with Gasteiger partial charge in [-0.15, -0.1) is 0 Å². The van der Waals surface area contributed by atoms with Gasteiger partial charge in [-0.2, -0.15) is 0 Å². The molecule has 1 atom stereocenters. The number of carbonyl (C=O) groups excluding carboxylic acids is 3. The van der Waals surface area contributed by atoms with Crippen molar-refractivity contribution in [3.63, 3.8) is 0 Å². The average molecular weight is 555 g/mol. The molecule has 0 bridgehead atoms. The third-order valence-electron chi connectivity index (χ3n) is 5.47. The van der Waals surface area contributed by atoms with Gasteiger partial charge in [-0.1, -0.05) is 35.9 Å². The van der Waals surface area contributed by atoms with Crippen LogP contribution in [0.15, 0.2) is 66.7 Å². The van der Waals surface area contributed by atoms with Crippen LogP contribution in [0.4, 0.5) is 5.69 Å². The van der Waals surface area contributed by atoms with E-state index in [4.69, 9.17) is 11.6 Å². The molecule has 0 aromatic heterocycles. The first-order valence-electron chi connectivity index (χ1n) is 11.4. The molecule has 0 heterocycles. The van der Waals surface area contributed by atoms with E-state index in [0.29, 0.717) is 16.1 Å². The van der Waals surface area contributed by atoms with Gasteiger partial charge in [0.05, 0.1) is 21.9 Å². The maximum Gasteiger partial charge on any atom is 0.322 e. The van der Waals surface area contributed by atoms with Crippen molar-refractivity contribution in [3.05, 3.63) is 104 Å². The van der Waals surface area contributed by atoms with E-state index in [1.54, 1.807) is 12.1 Å². The highest BCUT2D eigenvalue weighted by Crippen LogP contribution is 2.21. The van der Waals surface area contributed by atoms with Crippen LogP contribution < -0.4 is 10.7 Å². The number of hydrogen-bond acceptors (Lipinski definition) is 8. The molecular formula is C26H23ClN4O8. The van der Waals surface area contributed by atoms with Crippen molar-refractivity contribution in [3.8, 4) is 5.75 Å². The molecule has 3 amide bonds. The molecule has 12 nitrogen and oxygen atoms in total. The molecule has 0 radical (unpaired) electrons. The lowest BCUT2D eigenvalue weighted by molar-refractivity contribution is -0.384. The predicted octanol–water partition coefficient (Wildman–Crippen LogP) is 3.07. The van der Waals surface area contributed by atoms with Crippen molar-refractivity contribution in [1.82, 2.24) is 15.8 Å². The third-order valence-corrected chi connectivity index (χ3v) is 5.79. The van der Waals surface area contributed by atoms with Gasteiger partial charge in [0.1, 0.15) is 11.8 Å². The van der Waals surface area contributed by atoms with Crippen molar-refractivity contribution in [2.45, 2.75) is 25.9 Å². The second kappa shape index (κ2) is 12.6. The van der Waals surface area contributed by atoms with Gasteiger partial charge in [-0.05, 0) is 48.4 Å². The Labute approximate surface area is 226 Å². The summed E-state index contributed by atoms with van der Waals surface area (Å²) in [5.74, 6) is -3.60. The summed E-state index contributed by atoms with van der Waals surface area (Å²) in [5, 5.41) is 32.7. The number of nitro benzene ring substituents is 1. The lowest BCUT2D eigenvalue weighted by Crippen LogP contribution is -2.53. The smallest absolute Gasteiger partial charge is 0.322 e. The van der Waals surface area contributed by atoms with Crippen LogP contribution in [0.5, 0.6) is 5.75 Å². The van der Waals surface area contributed by atoms with Crippen LogP contribution >= 0.6 is 11.6 Å². The number of phenolic OH excluding ortho intramolecular Hbond substituents is 1. The van der Waals surface area contributed by atoms with E-state index in [1.807, 2.05) is 0 Å². The Morgan fingerprint density at radius 3 is 2.31 bits per heavy atom. The minimum absolute atomic E-state index is 0.0474. The number of halogens is 1. The summed E-state index contributed by atoms with van der Waals surface area (Å²) in [6.07, 6.45) is -0.379. The molecule has 0 spiro atoms. The fourth-order valence-corrected chi connectivity index (χ4v) is 3.64. The summed E-state index contributed by atoms with van der Waals surface area (Å²) in [6, 6.07) is 13.8. The number of nitro groups is 1. The monoisotopic (exact) mass is 554 g/mol. The number of nitrogens with one attached hydrogen (secondary N) is 2. The van der Waals surface area contributed by atoms with Crippen LogP contribution in [0, 0.1) is 10.1 Å². The number of aromatic hydroxyl groups is 1. The number of hydrazine groups is 1. The molecule has 13 heteroatoms. The largest absolute Gasteiger partial charge is 0.508 e. The van der Waals surface area contributed by atoms with Gasteiger partial charge in [0.2, 0.25) is 5.91 Å². The SMILES string of the molecule is C[C@H](NN(C(=O)Cc1ccc([N+](=O)[O-])cc1)C(=O)c1ccc(C(=O)NCc2cccc(O)c2)cc1Cl)C(=O)O. The second-order valence-electron chi connectivity index (χ2n) is 8.37. The Balaban J connectivity index is 1.79. The van der Waals surface area contributed by atoms with Gasteiger partial charge in [-0.25, -0.2) is 10.4 Å². The molecule has 3 aromatic rings. The Morgan fingerprint density at radius 1 is 1.03 bits per heavy atom. The number of aliphatic carboxylic acids is 1. The van der Waals surface area contributed by atoms with E-state index in [1.165, 1.54) is 61.5 Å². The lowest BCUT2D eigenvalue weighted by atomic mass is 10.1. The number of amides is 3. The first-order chi connectivity index (χ1) is 18.5. The Kier molecular flexibility index (Phi) is 9.31. The van der Waals surface area contributed by atoms with Crippen LogP contribution in [0.2, 0.25) is 5.02 Å². The van der Waals surface area contributed by atoms with Crippen molar-refractivity contribution in [2.75, 3.05) is 0 Å². The third kappa shape index (κ3) is 7.60. The highest BCUT2D eigenvalue weighted by atomic mass is 35.5. The minimum atomic E-state index is -1.34. The topological polar surface area (TPSA) is 179 Å². The fraction of sp³-hybridized carbons (Fsp3) is 0.154. The van der Waals surface area contributed by atoms with E-state index >= 15 is 0 Å². The summed E-state index contributed by atoms with van der Waals surface area (Å²) in [4.78, 5) is 60.5. The quantitative estimate of drug-likeness (QED) is 0.216. The van der Waals surface area contributed by atoms with E-state index in [2.05, 4.69) is 10.7 Å². The van der Waals surface area contributed by atoms with Crippen LogP contribution in [-0.4, -0.2) is 49.9 Å². The lowest BCUT2D eigenvalue weighted by Gasteiger charge is -2.24. The summed E-state index contributed by atoms with van der Waals surface area (Å²) in [5.41, 5.74) is 3.09. The normalized spacial score (nSPS) is 11.3. The number of phenols is 1. The van der Waals surface area contributed by atoms with Crippen molar-refractivity contribution in [2.24, 2.45) is 0 Å².